The molecule has 0 bridgehead atoms. The van der Waals surface area contributed by atoms with Gasteiger partial charge in [0.2, 0.25) is 11.9 Å². The van der Waals surface area contributed by atoms with Crippen molar-refractivity contribution in [1.82, 2.24) is 14.9 Å². The smallest absolute Gasteiger partial charge is 0.227 e. The van der Waals surface area contributed by atoms with Crippen molar-refractivity contribution in [2.24, 2.45) is 0 Å². The molecule has 0 saturated carbocycles. The van der Waals surface area contributed by atoms with Crippen LogP contribution in [0.2, 0.25) is 0 Å². The van der Waals surface area contributed by atoms with E-state index in [4.69, 9.17) is 14.7 Å². The average molecular weight is 458 g/mol. The minimum atomic E-state index is 0.111. The number of ether oxygens (including phenoxy) is 1. The van der Waals surface area contributed by atoms with Crippen molar-refractivity contribution in [1.29, 1.82) is 0 Å². The van der Waals surface area contributed by atoms with E-state index >= 15 is 0 Å². The predicted octanol–water partition coefficient (Wildman–Crippen LogP) is 3.24. The molecular weight excluding hydrogens is 426 g/mol. The number of amides is 1. The lowest BCUT2D eigenvalue weighted by Crippen LogP contribution is -2.39. The van der Waals surface area contributed by atoms with Crippen LogP contribution in [-0.4, -0.2) is 55.1 Å². The molecule has 176 valence electrons. The zero-order valence-electron chi connectivity index (χ0n) is 20.1. The molecule has 3 aromatic rings. The highest BCUT2D eigenvalue weighted by Crippen LogP contribution is 2.30. The number of carbonyl (C=O) groups is 1. The van der Waals surface area contributed by atoms with Crippen LogP contribution in [0.25, 0.3) is 0 Å². The Hall–Kier alpha value is -3.61. The Labute approximate surface area is 201 Å². The lowest BCUT2D eigenvalue weighted by atomic mass is 10.00. The van der Waals surface area contributed by atoms with Gasteiger partial charge in [0, 0.05) is 45.7 Å². The van der Waals surface area contributed by atoms with Gasteiger partial charge in [-0.2, -0.15) is 4.98 Å². The third-order valence-electron chi connectivity index (χ3n) is 6.71. The monoisotopic (exact) mass is 457 g/mol. The fraction of sp³-hybridized carbons (Fsp3) is 0.370. The first-order valence-corrected chi connectivity index (χ1v) is 11.8. The van der Waals surface area contributed by atoms with Crippen LogP contribution in [0.1, 0.15) is 27.9 Å². The molecule has 0 aliphatic carbocycles. The highest BCUT2D eigenvalue weighted by atomic mass is 16.5. The average Bonchev–Trinajstić information content (AvgIpc) is 2.87. The summed E-state index contributed by atoms with van der Waals surface area (Å²) in [5.74, 6) is 2.57. The van der Waals surface area contributed by atoms with Crippen molar-refractivity contribution < 1.29 is 9.53 Å². The number of aromatic nitrogens is 2. The Bertz CT molecular complexity index is 1210. The van der Waals surface area contributed by atoms with Gasteiger partial charge in [0.15, 0.2) is 0 Å². The van der Waals surface area contributed by atoms with E-state index in [0.29, 0.717) is 19.5 Å². The Kier molecular flexibility index (Phi) is 6.09. The van der Waals surface area contributed by atoms with Crippen LogP contribution in [-0.2, 0) is 37.1 Å². The van der Waals surface area contributed by atoms with E-state index in [-0.39, 0.29) is 5.91 Å². The van der Waals surface area contributed by atoms with Crippen molar-refractivity contribution in [2.45, 2.75) is 32.4 Å². The number of carbonyl (C=O) groups excluding carboxylic acids is 1. The number of hydrogen-bond donors (Lipinski definition) is 0. The van der Waals surface area contributed by atoms with Gasteiger partial charge in [0.25, 0.3) is 0 Å². The summed E-state index contributed by atoms with van der Waals surface area (Å²) in [4.78, 5) is 29.3. The van der Waals surface area contributed by atoms with Gasteiger partial charge in [-0.05, 0) is 35.2 Å². The van der Waals surface area contributed by atoms with Gasteiger partial charge in [-0.3, -0.25) is 4.79 Å². The Morgan fingerprint density at radius 3 is 2.62 bits per heavy atom. The number of anilines is 2. The van der Waals surface area contributed by atoms with E-state index in [2.05, 4.69) is 29.2 Å². The molecule has 0 spiro atoms. The van der Waals surface area contributed by atoms with Gasteiger partial charge < -0.3 is 19.4 Å². The third-order valence-corrected chi connectivity index (χ3v) is 6.71. The molecule has 3 heterocycles. The summed E-state index contributed by atoms with van der Waals surface area (Å²) in [7, 11) is 5.66. The highest BCUT2D eigenvalue weighted by Gasteiger charge is 2.28. The van der Waals surface area contributed by atoms with Crippen LogP contribution in [0.4, 0.5) is 11.8 Å². The molecule has 2 aromatic carbocycles. The molecular formula is C27H31N5O2. The SMILES string of the molecule is COc1cccc(CC(=O)N2CCc3nc(N4CCc5ccccc5C4)nc(N(C)C)c3C2)c1. The molecule has 0 radical (unpaired) electrons. The Morgan fingerprint density at radius 2 is 1.82 bits per heavy atom. The third kappa shape index (κ3) is 4.42. The summed E-state index contributed by atoms with van der Waals surface area (Å²) >= 11 is 0. The molecule has 0 fully saturated rings. The van der Waals surface area contributed by atoms with Crippen molar-refractivity contribution >= 4 is 17.7 Å². The maximum atomic E-state index is 13.1. The number of nitrogens with zero attached hydrogens (tertiary/aromatic N) is 5. The molecule has 0 unspecified atom stereocenters. The number of fused-ring (bicyclic) bond motifs is 2. The molecule has 0 saturated heterocycles. The summed E-state index contributed by atoms with van der Waals surface area (Å²) in [6.45, 7) is 2.94. The van der Waals surface area contributed by atoms with E-state index in [0.717, 1.165) is 60.3 Å². The van der Waals surface area contributed by atoms with Crippen molar-refractivity contribution in [3.63, 3.8) is 0 Å². The summed E-state index contributed by atoms with van der Waals surface area (Å²) in [5, 5.41) is 0. The molecule has 0 atom stereocenters. The molecule has 5 rings (SSSR count). The summed E-state index contributed by atoms with van der Waals surface area (Å²) in [6.07, 6.45) is 2.09. The zero-order chi connectivity index (χ0) is 23.7. The second-order valence-corrected chi connectivity index (χ2v) is 9.20. The normalized spacial score (nSPS) is 14.9. The van der Waals surface area contributed by atoms with Crippen LogP contribution in [0.15, 0.2) is 48.5 Å². The summed E-state index contributed by atoms with van der Waals surface area (Å²) in [5.41, 5.74) is 5.82. The van der Waals surface area contributed by atoms with Crippen LogP contribution in [0.3, 0.4) is 0 Å². The minimum absolute atomic E-state index is 0.111. The van der Waals surface area contributed by atoms with Crippen molar-refractivity contribution in [3.05, 3.63) is 76.5 Å². The molecule has 34 heavy (non-hydrogen) atoms. The van der Waals surface area contributed by atoms with Crippen molar-refractivity contribution in [3.8, 4) is 5.75 Å². The molecule has 1 aromatic heterocycles. The topological polar surface area (TPSA) is 61.8 Å². The van der Waals surface area contributed by atoms with Crippen LogP contribution >= 0.6 is 0 Å². The summed E-state index contributed by atoms with van der Waals surface area (Å²) in [6, 6.07) is 16.3. The molecule has 7 nitrogen and oxygen atoms in total. The number of rotatable bonds is 5. The fourth-order valence-corrected chi connectivity index (χ4v) is 4.84. The van der Waals surface area contributed by atoms with Crippen molar-refractivity contribution in [2.75, 3.05) is 44.1 Å². The first-order valence-electron chi connectivity index (χ1n) is 11.8. The zero-order valence-corrected chi connectivity index (χ0v) is 20.1. The molecule has 1 amide bonds. The fourth-order valence-electron chi connectivity index (χ4n) is 4.84. The van der Waals surface area contributed by atoms with E-state index in [1.807, 2.05) is 48.2 Å². The summed E-state index contributed by atoms with van der Waals surface area (Å²) < 4.78 is 5.30. The largest absolute Gasteiger partial charge is 0.497 e. The molecule has 2 aliphatic heterocycles. The maximum Gasteiger partial charge on any atom is 0.227 e. The second kappa shape index (κ2) is 9.33. The molecule has 2 aliphatic rings. The van der Waals surface area contributed by atoms with Crippen LogP contribution < -0.4 is 14.5 Å². The lowest BCUT2D eigenvalue weighted by Gasteiger charge is -2.34. The van der Waals surface area contributed by atoms with Gasteiger partial charge in [-0.25, -0.2) is 4.98 Å². The molecule has 7 heteroatoms. The standard InChI is InChI=1S/C27H31N5O2/c1-30(2)26-23-18-31(25(33)16-19-7-6-10-22(15-19)34-3)14-12-24(23)28-27(29-26)32-13-11-20-8-4-5-9-21(20)17-32/h4-10,15H,11-14,16-18H2,1-3H3. The van der Waals surface area contributed by atoms with Gasteiger partial charge in [0.1, 0.15) is 11.6 Å². The second-order valence-electron chi connectivity index (χ2n) is 9.20. The Balaban J connectivity index is 1.37. The van der Waals surface area contributed by atoms with Crippen LogP contribution in [0.5, 0.6) is 5.75 Å². The Morgan fingerprint density at radius 1 is 1.00 bits per heavy atom. The predicted molar refractivity (Wildman–Crippen MR) is 133 cm³/mol. The number of hydrogen-bond acceptors (Lipinski definition) is 6. The van der Waals surface area contributed by atoms with Gasteiger partial charge in [0.05, 0.1) is 25.8 Å². The van der Waals surface area contributed by atoms with Crippen LogP contribution in [0, 0.1) is 0 Å². The molecule has 0 N–H and O–H groups in total. The van der Waals surface area contributed by atoms with Gasteiger partial charge in [-0.1, -0.05) is 36.4 Å². The number of benzene rings is 2. The number of methoxy groups -OCH3 is 1. The van der Waals surface area contributed by atoms with E-state index in [1.165, 1.54) is 11.1 Å². The highest BCUT2D eigenvalue weighted by molar-refractivity contribution is 5.79. The first kappa shape index (κ1) is 22.2. The van der Waals surface area contributed by atoms with E-state index < -0.39 is 0 Å². The minimum Gasteiger partial charge on any atom is -0.497 e. The maximum absolute atomic E-state index is 13.1. The lowest BCUT2D eigenvalue weighted by molar-refractivity contribution is -0.131. The van der Waals surface area contributed by atoms with Gasteiger partial charge >= 0.3 is 0 Å². The quantitative estimate of drug-likeness (QED) is 0.586. The van der Waals surface area contributed by atoms with E-state index in [1.54, 1.807) is 7.11 Å². The van der Waals surface area contributed by atoms with E-state index in [9.17, 15) is 4.79 Å². The van der Waals surface area contributed by atoms with Gasteiger partial charge in [-0.15, -0.1) is 0 Å². The first-order chi connectivity index (χ1) is 16.5.